The van der Waals surface area contributed by atoms with Crippen LogP contribution in [0, 0.1) is 11.8 Å². The summed E-state index contributed by atoms with van der Waals surface area (Å²) in [6.45, 7) is 11.0. The molecule has 4 nitrogen and oxygen atoms in total. The standard InChI is InChI=1S/C19H27NO3/c1-6-12(2)16-15(18(22)23-16)17(21)20-11-13-7-9-14(10-8-13)19(3,4)5/h7-10,12,15-16H,6,11H2,1-5H3,(H,20,21)/t12-,15-,16+/m0/s1. The van der Waals surface area contributed by atoms with Gasteiger partial charge in [0.05, 0.1) is 0 Å². The maximum atomic E-state index is 12.3. The average molecular weight is 317 g/mol. The van der Waals surface area contributed by atoms with Crippen LogP contribution in [0.3, 0.4) is 0 Å². The molecule has 3 atom stereocenters. The van der Waals surface area contributed by atoms with Gasteiger partial charge in [-0.25, -0.2) is 0 Å². The van der Waals surface area contributed by atoms with E-state index in [2.05, 4.69) is 38.2 Å². The zero-order valence-electron chi connectivity index (χ0n) is 14.7. The molecule has 0 spiro atoms. The maximum Gasteiger partial charge on any atom is 0.322 e. The predicted octanol–water partition coefficient (Wildman–Crippen LogP) is 3.19. The molecule has 1 N–H and O–H groups in total. The van der Waals surface area contributed by atoms with Gasteiger partial charge in [0.15, 0.2) is 5.92 Å². The molecule has 0 radical (unpaired) electrons. The molecule has 23 heavy (non-hydrogen) atoms. The van der Waals surface area contributed by atoms with Gasteiger partial charge in [-0.05, 0) is 22.5 Å². The number of cyclic esters (lactones) is 1. The molecular formula is C19H27NO3. The first kappa shape index (κ1) is 17.5. The molecule has 4 heteroatoms. The fourth-order valence-corrected chi connectivity index (χ4v) is 2.69. The molecule has 0 aliphatic carbocycles. The second kappa shape index (κ2) is 6.73. The lowest BCUT2D eigenvalue weighted by Crippen LogP contribution is -2.55. The van der Waals surface area contributed by atoms with Crippen LogP contribution in [0.2, 0.25) is 0 Å². The third kappa shape index (κ3) is 3.92. The summed E-state index contributed by atoms with van der Waals surface area (Å²) in [5.41, 5.74) is 2.40. The van der Waals surface area contributed by atoms with E-state index in [4.69, 9.17) is 4.74 Å². The van der Waals surface area contributed by atoms with Crippen LogP contribution in [0.5, 0.6) is 0 Å². The van der Waals surface area contributed by atoms with Crippen molar-refractivity contribution >= 4 is 11.9 Å². The number of hydrogen-bond acceptors (Lipinski definition) is 3. The lowest BCUT2D eigenvalue weighted by molar-refractivity contribution is -0.192. The van der Waals surface area contributed by atoms with Crippen molar-refractivity contribution in [2.24, 2.45) is 11.8 Å². The molecule has 1 aliphatic heterocycles. The van der Waals surface area contributed by atoms with Gasteiger partial charge in [-0.15, -0.1) is 0 Å². The first-order chi connectivity index (χ1) is 10.7. The van der Waals surface area contributed by atoms with Crippen LogP contribution in [-0.4, -0.2) is 18.0 Å². The summed E-state index contributed by atoms with van der Waals surface area (Å²) >= 11 is 0. The second-order valence-electron chi connectivity index (χ2n) is 7.43. The molecule has 126 valence electrons. The highest BCUT2D eigenvalue weighted by atomic mass is 16.6. The number of amides is 1. The van der Waals surface area contributed by atoms with Crippen molar-refractivity contribution in [3.8, 4) is 0 Å². The first-order valence-corrected chi connectivity index (χ1v) is 8.31. The molecule has 1 amide bonds. The third-order valence-electron chi connectivity index (χ3n) is 4.61. The largest absolute Gasteiger partial charge is 0.460 e. The van der Waals surface area contributed by atoms with E-state index in [0.717, 1.165) is 12.0 Å². The Morgan fingerprint density at radius 3 is 2.35 bits per heavy atom. The quantitative estimate of drug-likeness (QED) is 0.670. The van der Waals surface area contributed by atoms with Gasteiger partial charge in [0.25, 0.3) is 0 Å². The number of rotatable bonds is 5. The molecule has 1 fully saturated rings. The monoisotopic (exact) mass is 317 g/mol. The van der Waals surface area contributed by atoms with E-state index in [0.29, 0.717) is 6.54 Å². The number of esters is 1. The van der Waals surface area contributed by atoms with Crippen LogP contribution in [0.15, 0.2) is 24.3 Å². The lowest BCUT2D eigenvalue weighted by Gasteiger charge is -2.37. The van der Waals surface area contributed by atoms with Crippen LogP contribution in [-0.2, 0) is 26.3 Å². The Morgan fingerprint density at radius 1 is 1.26 bits per heavy atom. The Labute approximate surface area is 138 Å². The van der Waals surface area contributed by atoms with Crippen LogP contribution >= 0.6 is 0 Å². The number of hydrogen-bond donors (Lipinski definition) is 1. The van der Waals surface area contributed by atoms with Gasteiger partial charge >= 0.3 is 5.97 Å². The smallest absolute Gasteiger partial charge is 0.322 e. The van der Waals surface area contributed by atoms with E-state index in [1.165, 1.54) is 5.56 Å². The van der Waals surface area contributed by atoms with E-state index in [-0.39, 0.29) is 23.3 Å². The van der Waals surface area contributed by atoms with E-state index in [1.54, 1.807) is 0 Å². The lowest BCUT2D eigenvalue weighted by atomic mass is 9.85. The average Bonchev–Trinajstić information content (AvgIpc) is 2.49. The minimum absolute atomic E-state index is 0.112. The predicted molar refractivity (Wildman–Crippen MR) is 89.8 cm³/mol. The summed E-state index contributed by atoms with van der Waals surface area (Å²) in [6.07, 6.45) is 0.603. The number of carbonyl (C=O) groups is 2. The van der Waals surface area contributed by atoms with Crippen molar-refractivity contribution in [2.75, 3.05) is 0 Å². The van der Waals surface area contributed by atoms with Gasteiger partial charge < -0.3 is 10.1 Å². The van der Waals surface area contributed by atoms with Crippen molar-refractivity contribution in [2.45, 2.75) is 59.1 Å². The molecule has 0 saturated carbocycles. The van der Waals surface area contributed by atoms with Gasteiger partial charge in [-0.1, -0.05) is 65.3 Å². The van der Waals surface area contributed by atoms with E-state index >= 15 is 0 Å². The molecule has 1 heterocycles. The number of carbonyl (C=O) groups excluding carboxylic acids is 2. The Hall–Kier alpha value is -1.84. The molecule has 0 unspecified atom stereocenters. The van der Waals surface area contributed by atoms with Gasteiger partial charge in [0.1, 0.15) is 6.10 Å². The number of ether oxygens (including phenoxy) is 1. The van der Waals surface area contributed by atoms with E-state index in [9.17, 15) is 9.59 Å². The highest BCUT2D eigenvalue weighted by molar-refractivity contribution is 6.01. The second-order valence-corrected chi connectivity index (χ2v) is 7.43. The topological polar surface area (TPSA) is 55.4 Å². The molecule has 1 aromatic rings. The summed E-state index contributed by atoms with van der Waals surface area (Å²) in [6, 6.07) is 8.21. The summed E-state index contributed by atoms with van der Waals surface area (Å²) in [5.74, 6) is -1.09. The normalized spacial score (nSPS) is 22.0. The van der Waals surface area contributed by atoms with Crippen molar-refractivity contribution in [1.29, 1.82) is 0 Å². The highest BCUT2D eigenvalue weighted by Crippen LogP contribution is 2.30. The van der Waals surface area contributed by atoms with Crippen molar-refractivity contribution in [1.82, 2.24) is 5.32 Å². The molecule has 1 aliphatic rings. The van der Waals surface area contributed by atoms with Gasteiger partial charge in [0, 0.05) is 6.54 Å². The Balaban J connectivity index is 1.93. The van der Waals surface area contributed by atoms with Crippen molar-refractivity contribution in [3.63, 3.8) is 0 Å². The zero-order chi connectivity index (χ0) is 17.2. The first-order valence-electron chi connectivity index (χ1n) is 8.31. The molecular weight excluding hydrogens is 290 g/mol. The molecule has 2 rings (SSSR count). The third-order valence-corrected chi connectivity index (χ3v) is 4.61. The number of benzene rings is 1. The SMILES string of the molecule is CC[C@H](C)[C@H]1OC(=O)[C@@H]1C(=O)NCc1ccc(C(C)(C)C)cc1. The van der Waals surface area contributed by atoms with E-state index in [1.807, 2.05) is 26.0 Å². The fraction of sp³-hybridized carbons (Fsp3) is 0.579. The van der Waals surface area contributed by atoms with Crippen LogP contribution < -0.4 is 5.32 Å². The minimum Gasteiger partial charge on any atom is -0.460 e. The van der Waals surface area contributed by atoms with Crippen molar-refractivity contribution < 1.29 is 14.3 Å². The Kier molecular flexibility index (Phi) is 5.12. The van der Waals surface area contributed by atoms with Crippen LogP contribution in [0.4, 0.5) is 0 Å². The molecule has 0 aromatic heterocycles. The maximum absolute atomic E-state index is 12.3. The Bertz CT molecular complexity index is 571. The highest BCUT2D eigenvalue weighted by Gasteiger charge is 2.49. The van der Waals surface area contributed by atoms with E-state index < -0.39 is 11.9 Å². The van der Waals surface area contributed by atoms with Gasteiger partial charge in [0.2, 0.25) is 5.91 Å². The zero-order valence-corrected chi connectivity index (χ0v) is 14.7. The van der Waals surface area contributed by atoms with Crippen LogP contribution in [0.25, 0.3) is 0 Å². The molecule has 1 aromatic carbocycles. The summed E-state index contributed by atoms with van der Waals surface area (Å²) in [4.78, 5) is 23.8. The van der Waals surface area contributed by atoms with Crippen molar-refractivity contribution in [3.05, 3.63) is 35.4 Å². The summed E-state index contributed by atoms with van der Waals surface area (Å²) in [5, 5.41) is 2.86. The van der Waals surface area contributed by atoms with Crippen LogP contribution in [0.1, 0.15) is 52.2 Å². The van der Waals surface area contributed by atoms with Gasteiger partial charge in [-0.3, -0.25) is 9.59 Å². The minimum atomic E-state index is -0.654. The number of nitrogens with one attached hydrogen (secondary N) is 1. The van der Waals surface area contributed by atoms with Gasteiger partial charge in [-0.2, -0.15) is 0 Å². The Morgan fingerprint density at radius 2 is 1.87 bits per heavy atom. The molecule has 1 saturated heterocycles. The molecule has 0 bridgehead atoms. The summed E-state index contributed by atoms with van der Waals surface area (Å²) in [7, 11) is 0. The fourth-order valence-electron chi connectivity index (χ4n) is 2.69. The summed E-state index contributed by atoms with van der Waals surface area (Å²) < 4.78 is 5.13.